The fraction of sp³-hybridized carbons (Fsp3) is 0.300. The number of benzene rings is 2. The van der Waals surface area contributed by atoms with Gasteiger partial charge in [0.25, 0.3) is 0 Å². The molecule has 0 saturated carbocycles. The van der Waals surface area contributed by atoms with E-state index in [4.69, 9.17) is 9.47 Å². The van der Waals surface area contributed by atoms with Crippen molar-refractivity contribution in [2.45, 2.75) is 27.7 Å². The van der Waals surface area contributed by atoms with E-state index in [0.29, 0.717) is 18.8 Å². The summed E-state index contributed by atoms with van der Waals surface area (Å²) in [7, 11) is 0. The summed E-state index contributed by atoms with van der Waals surface area (Å²) in [5.41, 5.74) is 2.02. The van der Waals surface area contributed by atoms with Crippen LogP contribution in [0.1, 0.15) is 45.7 Å². The van der Waals surface area contributed by atoms with Gasteiger partial charge in [-0.3, -0.25) is 0 Å². The molecule has 26 heavy (non-hydrogen) atoms. The molecule has 6 nitrogen and oxygen atoms in total. The largest absolute Gasteiger partial charge is 0.507 e. The molecule has 0 heterocycles. The predicted octanol–water partition coefficient (Wildman–Crippen LogP) is 3.75. The van der Waals surface area contributed by atoms with Crippen molar-refractivity contribution in [3.63, 3.8) is 0 Å². The summed E-state index contributed by atoms with van der Waals surface area (Å²) in [6.07, 6.45) is 0. The zero-order chi connectivity index (χ0) is 19.7. The minimum absolute atomic E-state index is 0.000880. The number of phenolic OH excluding ortho intramolecular Hbond substituents is 2. The zero-order valence-electron chi connectivity index (χ0n) is 15.4. The molecule has 2 aromatic rings. The van der Waals surface area contributed by atoms with Gasteiger partial charge in [-0.05, 0) is 57.0 Å². The highest BCUT2D eigenvalue weighted by Gasteiger charge is 2.12. The van der Waals surface area contributed by atoms with Crippen LogP contribution in [0.5, 0.6) is 11.5 Å². The number of hydrogen-bond donors (Lipinski definition) is 2. The van der Waals surface area contributed by atoms with E-state index in [0.717, 1.165) is 5.56 Å². The Morgan fingerprint density at radius 3 is 2.00 bits per heavy atom. The van der Waals surface area contributed by atoms with Gasteiger partial charge >= 0.3 is 11.9 Å². The third kappa shape index (κ3) is 5.81. The van der Waals surface area contributed by atoms with Crippen LogP contribution in [0.2, 0.25) is 0 Å². The molecule has 140 valence electrons. The number of esters is 2. The standard InChI is InChI=1S/2C10H12O3/c1-3-13-10(12)8-5-4-7(2)6-9(8)11;1-3-13-10(12)8-6-4-5-7(2)9(8)11/h2*4-6,11H,3H2,1-2H3. The van der Waals surface area contributed by atoms with Crippen LogP contribution in [0.3, 0.4) is 0 Å². The summed E-state index contributed by atoms with van der Waals surface area (Å²) < 4.78 is 9.51. The van der Waals surface area contributed by atoms with E-state index in [2.05, 4.69) is 0 Å². The van der Waals surface area contributed by atoms with E-state index in [1.54, 1.807) is 51.1 Å². The Hall–Kier alpha value is -3.02. The highest BCUT2D eigenvalue weighted by Crippen LogP contribution is 2.22. The van der Waals surface area contributed by atoms with Crippen molar-refractivity contribution in [1.82, 2.24) is 0 Å². The lowest BCUT2D eigenvalue weighted by Crippen LogP contribution is -2.05. The van der Waals surface area contributed by atoms with Crippen molar-refractivity contribution < 1.29 is 29.3 Å². The third-order valence-corrected chi connectivity index (χ3v) is 3.38. The average Bonchev–Trinajstić information content (AvgIpc) is 2.58. The van der Waals surface area contributed by atoms with Gasteiger partial charge in [0.2, 0.25) is 0 Å². The van der Waals surface area contributed by atoms with Gasteiger partial charge in [0.05, 0.1) is 13.2 Å². The Morgan fingerprint density at radius 2 is 1.46 bits per heavy atom. The maximum Gasteiger partial charge on any atom is 0.341 e. The second kappa shape index (κ2) is 10.1. The first-order valence-corrected chi connectivity index (χ1v) is 8.24. The molecule has 0 fully saturated rings. The molecule has 0 spiro atoms. The number of carbonyl (C=O) groups is 2. The van der Waals surface area contributed by atoms with Crippen LogP contribution in [0.15, 0.2) is 36.4 Å². The first-order chi connectivity index (χ1) is 12.3. The fourth-order valence-corrected chi connectivity index (χ4v) is 2.06. The Bertz CT molecular complexity index is 767. The number of para-hydroxylation sites is 1. The Kier molecular flexibility index (Phi) is 8.15. The molecule has 0 aliphatic heterocycles. The van der Waals surface area contributed by atoms with E-state index < -0.39 is 11.9 Å². The Morgan fingerprint density at radius 1 is 0.885 bits per heavy atom. The first-order valence-electron chi connectivity index (χ1n) is 8.24. The first kappa shape index (κ1) is 21.0. The van der Waals surface area contributed by atoms with E-state index in [-0.39, 0.29) is 22.6 Å². The normalized spacial score (nSPS) is 9.69. The molecule has 0 unspecified atom stereocenters. The van der Waals surface area contributed by atoms with Crippen molar-refractivity contribution in [3.8, 4) is 11.5 Å². The minimum Gasteiger partial charge on any atom is -0.507 e. The molecule has 0 aliphatic rings. The SMILES string of the molecule is CCOC(=O)c1ccc(C)cc1O.CCOC(=O)c1cccc(C)c1O. The molecule has 0 saturated heterocycles. The highest BCUT2D eigenvalue weighted by molar-refractivity contribution is 5.93. The number of ether oxygens (including phenoxy) is 2. The molecule has 0 aliphatic carbocycles. The van der Waals surface area contributed by atoms with Crippen LogP contribution < -0.4 is 0 Å². The molecule has 6 heteroatoms. The van der Waals surface area contributed by atoms with E-state index >= 15 is 0 Å². The topological polar surface area (TPSA) is 93.1 Å². The van der Waals surface area contributed by atoms with Crippen molar-refractivity contribution >= 4 is 11.9 Å². The molecule has 2 rings (SSSR count). The van der Waals surface area contributed by atoms with Crippen LogP contribution >= 0.6 is 0 Å². The summed E-state index contributed by atoms with van der Waals surface area (Å²) in [5, 5.41) is 18.9. The van der Waals surface area contributed by atoms with Gasteiger partial charge in [-0.1, -0.05) is 18.2 Å². The van der Waals surface area contributed by atoms with Crippen molar-refractivity contribution in [3.05, 3.63) is 58.7 Å². The van der Waals surface area contributed by atoms with Gasteiger partial charge in [-0.15, -0.1) is 0 Å². The smallest absolute Gasteiger partial charge is 0.341 e. The highest BCUT2D eigenvalue weighted by atomic mass is 16.5. The third-order valence-electron chi connectivity index (χ3n) is 3.38. The van der Waals surface area contributed by atoms with Crippen molar-refractivity contribution in [2.75, 3.05) is 13.2 Å². The molecule has 2 aromatic carbocycles. The molecular weight excluding hydrogens is 336 g/mol. The molecule has 0 radical (unpaired) electrons. The fourth-order valence-electron chi connectivity index (χ4n) is 2.06. The predicted molar refractivity (Wildman–Crippen MR) is 97.6 cm³/mol. The monoisotopic (exact) mass is 360 g/mol. The van der Waals surface area contributed by atoms with Gasteiger partial charge in [0.15, 0.2) is 0 Å². The van der Waals surface area contributed by atoms with Gasteiger partial charge in [0, 0.05) is 0 Å². The van der Waals surface area contributed by atoms with Crippen LogP contribution in [0.25, 0.3) is 0 Å². The van der Waals surface area contributed by atoms with Crippen LogP contribution in [-0.4, -0.2) is 35.4 Å². The molecule has 0 bridgehead atoms. The Balaban J connectivity index is 0.000000260. The maximum absolute atomic E-state index is 11.2. The Labute approximate surface area is 153 Å². The lowest BCUT2D eigenvalue weighted by molar-refractivity contribution is 0.0513. The van der Waals surface area contributed by atoms with E-state index in [9.17, 15) is 19.8 Å². The number of aromatic hydroxyl groups is 2. The minimum atomic E-state index is -0.486. The molecule has 2 N–H and O–H groups in total. The number of hydrogen-bond acceptors (Lipinski definition) is 6. The second-order valence-electron chi connectivity index (χ2n) is 5.43. The zero-order valence-corrected chi connectivity index (χ0v) is 15.4. The quantitative estimate of drug-likeness (QED) is 0.807. The van der Waals surface area contributed by atoms with E-state index in [1.807, 2.05) is 6.92 Å². The summed E-state index contributed by atoms with van der Waals surface area (Å²) in [4.78, 5) is 22.4. The van der Waals surface area contributed by atoms with Gasteiger partial charge < -0.3 is 19.7 Å². The second-order valence-corrected chi connectivity index (χ2v) is 5.43. The van der Waals surface area contributed by atoms with Crippen LogP contribution in [0, 0.1) is 13.8 Å². The lowest BCUT2D eigenvalue weighted by atomic mass is 10.1. The summed E-state index contributed by atoms with van der Waals surface area (Å²) in [6.45, 7) is 7.65. The van der Waals surface area contributed by atoms with Crippen molar-refractivity contribution in [1.29, 1.82) is 0 Å². The van der Waals surface area contributed by atoms with Crippen LogP contribution in [0.4, 0.5) is 0 Å². The molecule has 0 amide bonds. The number of carbonyl (C=O) groups excluding carboxylic acids is 2. The van der Waals surface area contributed by atoms with Crippen LogP contribution in [-0.2, 0) is 9.47 Å². The van der Waals surface area contributed by atoms with Gasteiger partial charge in [-0.25, -0.2) is 9.59 Å². The molecule has 0 atom stereocenters. The van der Waals surface area contributed by atoms with Gasteiger partial charge in [0.1, 0.15) is 22.6 Å². The average molecular weight is 360 g/mol. The van der Waals surface area contributed by atoms with Gasteiger partial charge in [-0.2, -0.15) is 0 Å². The molecule has 0 aromatic heterocycles. The number of aryl methyl sites for hydroxylation is 2. The summed E-state index contributed by atoms with van der Waals surface area (Å²) >= 11 is 0. The number of phenols is 2. The maximum atomic E-state index is 11.2. The summed E-state index contributed by atoms with van der Waals surface area (Å²) in [5.74, 6) is -0.997. The summed E-state index contributed by atoms with van der Waals surface area (Å²) in [6, 6.07) is 9.83. The van der Waals surface area contributed by atoms with Crippen molar-refractivity contribution in [2.24, 2.45) is 0 Å². The number of rotatable bonds is 4. The van der Waals surface area contributed by atoms with E-state index in [1.165, 1.54) is 6.07 Å². The molecular formula is C20H24O6. The lowest BCUT2D eigenvalue weighted by Gasteiger charge is -2.05.